The molecule has 0 aromatic carbocycles. The van der Waals surface area contributed by atoms with Gasteiger partial charge in [0.1, 0.15) is 0 Å². The summed E-state index contributed by atoms with van der Waals surface area (Å²) in [6.45, 7) is 1.52. The molecule has 2 amide bonds. The Balaban J connectivity index is 2.02. The monoisotopic (exact) mass is 368 g/mol. The van der Waals surface area contributed by atoms with Gasteiger partial charge in [-0.2, -0.15) is 18.3 Å². The van der Waals surface area contributed by atoms with Crippen LogP contribution in [0.1, 0.15) is 24.6 Å². The highest BCUT2D eigenvalue weighted by Crippen LogP contribution is 2.30. The standard InChI is InChI=1S/C13H19F3N4O3S/c1-9-3-4-20(5-6-24(9,22)23)12(21)17-7-10-8-19(2)18-11(10)13(14,15)16/h8-9H,3-7H2,1-2H3,(H,17,21). The molecule has 136 valence electrons. The highest BCUT2D eigenvalue weighted by atomic mass is 32.2. The molecule has 1 saturated heterocycles. The second-order valence-electron chi connectivity index (χ2n) is 5.79. The number of urea groups is 1. The molecular formula is C13H19F3N4O3S. The van der Waals surface area contributed by atoms with E-state index in [9.17, 15) is 26.4 Å². The molecule has 0 saturated carbocycles. The first kappa shape index (κ1) is 18.6. The number of carbonyl (C=O) groups excluding carboxylic acids is 1. The third-order valence-corrected chi connectivity index (χ3v) is 6.17. The zero-order valence-electron chi connectivity index (χ0n) is 13.3. The molecule has 2 heterocycles. The lowest BCUT2D eigenvalue weighted by Crippen LogP contribution is -2.41. The van der Waals surface area contributed by atoms with Gasteiger partial charge in [0, 0.05) is 38.4 Å². The maximum absolute atomic E-state index is 12.9. The van der Waals surface area contributed by atoms with Crippen LogP contribution in [0.4, 0.5) is 18.0 Å². The summed E-state index contributed by atoms with van der Waals surface area (Å²) in [5.74, 6) is -0.151. The maximum Gasteiger partial charge on any atom is 0.435 e. The fourth-order valence-electron chi connectivity index (χ4n) is 2.46. The third-order valence-electron chi connectivity index (χ3n) is 3.95. The first-order valence-electron chi connectivity index (χ1n) is 7.35. The van der Waals surface area contributed by atoms with Gasteiger partial charge in [-0.3, -0.25) is 4.68 Å². The van der Waals surface area contributed by atoms with Gasteiger partial charge in [-0.1, -0.05) is 0 Å². The first-order chi connectivity index (χ1) is 11.0. The number of nitrogens with one attached hydrogen (secondary N) is 1. The molecule has 11 heteroatoms. The summed E-state index contributed by atoms with van der Waals surface area (Å²) in [6.07, 6.45) is -3.11. The van der Waals surface area contributed by atoms with Crippen LogP contribution in [0.15, 0.2) is 6.20 Å². The summed E-state index contributed by atoms with van der Waals surface area (Å²) >= 11 is 0. The number of hydrogen-bond acceptors (Lipinski definition) is 4. The van der Waals surface area contributed by atoms with Crippen LogP contribution in [0, 0.1) is 0 Å². The average molecular weight is 368 g/mol. The van der Waals surface area contributed by atoms with E-state index in [1.165, 1.54) is 18.1 Å². The number of rotatable bonds is 2. The Morgan fingerprint density at radius 2 is 2.08 bits per heavy atom. The second-order valence-corrected chi connectivity index (χ2v) is 8.33. The van der Waals surface area contributed by atoms with Crippen molar-refractivity contribution in [1.82, 2.24) is 20.0 Å². The van der Waals surface area contributed by atoms with Crippen LogP contribution >= 0.6 is 0 Å². The van der Waals surface area contributed by atoms with Crippen molar-refractivity contribution in [2.75, 3.05) is 18.8 Å². The van der Waals surface area contributed by atoms with E-state index in [0.717, 1.165) is 4.68 Å². The van der Waals surface area contributed by atoms with Gasteiger partial charge in [0.15, 0.2) is 15.5 Å². The van der Waals surface area contributed by atoms with Gasteiger partial charge in [0.05, 0.1) is 11.0 Å². The van der Waals surface area contributed by atoms with Gasteiger partial charge in [0.2, 0.25) is 0 Å². The number of aromatic nitrogens is 2. The molecule has 1 atom stereocenters. The van der Waals surface area contributed by atoms with E-state index in [2.05, 4.69) is 10.4 Å². The second kappa shape index (κ2) is 6.61. The SMILES string of the molecule is CC1CCN(C(=O)NCc2cn(C)nc2C(F)(F)F)CCS1(=O)=O. The minimum atomic E-state index is -4.60. The highest BCUT2D eigenvalue weighted by Gasteiger charge is 2.37. The summed E-state index contributed by atoms with van der Waals surface area (Å²) in [6, 6.07) is -0.587. The molecule has 7 nitrogen and oxygen atoms in total. The summed E-state index contributed by atoms with van der Waals surface area (Å²) in [5, 5.41) is 5.23. The number of aryl methyl sites for hydroxylation is 1. The van der Waals surface area contributed by atoms with Gasteiger partial charge in [-0.25, -0.2) is 13.2 Å². The van der Waals surface area contributed by atoms with Crippen molar-refractivity contribution in [2.24, 2.45) is 7.05 Å². The maximum atomic E-state index is 12.9. The number of nitrogens with zero attached hydrogens (tertiary/aromatic N) is 3. The van der Waals surface area contributed by atoms with Gasteiger partial charge < -0.3 is 10.2 Å². The Labute approximate surface area is 137 Å². The van der Waals surface area contributed by atoms with E-state index >= 15 is 0 Å². The molecule has 1 N–H and O–H groups in total. The summed E-state index contributed by atoms with van der Waals surface area (Å²) in [5.41, 5.74) is -1.19. The zero-order valence-corrected chi connectivity index (χ0v) is 14.1. The van der Waals surface area contributed by atoms with Crippen molar-refractivity contribution in [3.05, 3.63) is 17.5 Å². The lowest BCUT2D eigenvalue weighted by Gasteiger charge is -2.20. The Hall–Kier alpha value is -1.78. The molecule has 24 heavy (non-hydrogen) atoms. The van der Waals surface area contributed by atoms with Crippen LogP contribution in [-0.4, -0.2) is 53.2 Å². The highest BCUT2D eigenvalue weighted by molar-refractivity contribution is 7.92. The fourth-order valence-corrected chi connectivity index (χ4v) is 3.80. The van der Waals surface area contributed by atoms with Crippen LogP contribution in [0.5, 0.6) is 0 Å². The molecule has 0 aliphatic carbocycles. The fraction of sp³-hybridized carbons (Fsp3) is 0.692. The molecule has 1 aliphatic rings. The Morgan fingerprint density at radius 3 is 2.71 bits per heavy atom. The van der Waals surface area contributed by atoms with Crippen molar-refractivity contribution in [3.8, 4) is 0 Å². The van der Waals surface area contributed by atoms with Gasteiger partial charge in [-0.05, 0) is 13.3 Å². The minimum Gasteiger partial charge on any atom is -0.334 e. The lowest BCUT2D eigenvalue weighted by atomic mass is 10.2. The average Bonchev–Trinajstić information content (AvgIpc) is 2.79. The summed E-state index contributed by atoms with van der Waals surface area (Å²) in [7, 11) is -1.88. The Kier molecular flexibility index (Phi) is 5.11. The molecule has 0 bridgehead atoms. The number of amides is 2. The van der Waals surface area contributed by atoms with Crippen molar-refractivity contribution in [3.63, 3.8) is 0 Å². The van der Waals surface area contributed by atoms with Crippen LogP contribution in [0.25, 0.3) is 0 Å². The normalized spacial score (nSPS) is 21.4. The van der Waals surface area contributed by atoms with E-state index in [1.807, 2.05) is 0 Å². The molecular weight excluding hydrogens is 349 g/mol. The van der Waals surface area contributed by atoms with Crippen LogP contribution in [0.3, 0.4) is 0 Å². The predicted molar refractivity (Wildman–Crippen MR) is 79.9 cm³/mol. The minimum absolute atomic E-state index is 0.0255. The molecule has 1 aromatic rings. The number of carbonyl (C=O) groups is 1. The van der Waals surface area contributed by atoms with E-state index in [0.29, 0.717) is 6.42 Å². The quantitative estimate of drug-likeness (QED) is 0.849. The van der Waals surface area contributed by atoms with Crippen molar-refractivity contribution in [1.29, 1.82) is 0 Å². The molecule has 1 fully saturated rings. The molecule has 2 rings (SSSR count). The summed E-state index contributed by atoms with van der Waals surface area (Å²) < 4.78 is 63.2. The topological polar surface area (TPSA) is 84.3 Å². The van der Waals surface area contributed by atoms with E-state index in [-0.39, 0.29) is 31.0 Å². The molecule has 0 spiro atoms. The van der Waals surface area contributed by atoms with Crippen molar-refractivity contribution >= 4 is 15.9 Å². The number of halogens is 3. The number of hydrogen-bond donors (Lipinski definition) is 1. The van der Waals surface area contributed by atoms with E-state index < -0.39 is 33.0 Å². The molecule has 1 unspecified atom stereocenters. The number of sulfone groups is 1. The van der Waals surface area contributed by atoms with Crippen LogP contribution in [0.2, 0.25) is 0 Å². The largest absolute Gasteiger partial charge is 0.435 e. The van der Waals surface area contributed by atoms with Crippen LogP contribution < -0.4 is 5.32 Å². The molecule has 1 aromatic heterocycles. The molecule has 1 aliphatic heterocycles. The predicted octanol–water partition coefficient (Wildman–Crippen LogP) is 1.16. The number of alkyl halides is 3. The van der Waals surface area contributed by atoms with Crippen molar-refractivity contribution in [2.45, 2.75) is 31.3 Å². The smallest absolute Gasteiger partial charge is 0.334 e. The zero-order chi connectivity index (χ0) is 18.1. The molecule has 0 radical (unpaired) electrons. The van der Waals surface area contributed by atoms with Gasteiger partial charge >= 0.3 is 12.2 Å². The first-order valence-corrected chi connectivity index (χ1v) is 9.06. The van der Waals surface area contributed by atoms with Crippen molar-refractivity contribution < 1.29 is 26.4 Å². The summed E-state index contributed by atoms with van der Waals surface area (Å²) in [4.78, 5) is 13.4. The Morgan fingerprint density at radius 1 is 1.42 bits per heavy atom. The van der Waals surface area contributed by atoms with Crippen LogP contribution in [-0.2, 0) is 29.6 Å². The van der Waals surface area contributed by atoms with E-state index in [4.69, 9.17) is 0 Å². The van der Waals surface area contributed by atoms with Gasteiger partial charge in [-0.15, -0.1) is 0 Å². The van der Waals surface area contributed by atoms with Gasteiger partial charge in [0.25, 0.3) is 0 Å². The Bertz CT molecular complexity index is 715. The third kappa shape index (κ3) is 4.19. The lowest BCUT2D eigenvalue weighted by molar-refractivity contribution is -0.142. The van der Waals surface area contributed by atoms with E-state index in [1.54, 1.807) is 6.92 Å².